The summed E-state index contributed by atoms with van der Waals surface area (Å²) in [5.41, 5.74) is 5.28. The van der Waals surface area contributed by atoms with E-state index in [1.54, 1.807) is 6.20 Å². The minimum absolute atomic E-state index is 0.151. The van der Waals surface area contributed by atoms with Crippen LogP contribution in [-0.4, -0.2) is 22.2 Å². The van der Waals surface area contributed by atoms with Gasteiger partial charge in [0.2, 0.25) is 5.91 Å². The molecule has 0 aromatic carbocycles. The molecule has 0 bridgehead atoms. The second-order valence-electron chi connectivity index (χ2n) is 4.25. The Balaban J connectivity index is 2.53. The van der Waals surface area contributed by atoms with Crippen LogP contribution in [0.3, 0.4) is 0 Å². The van der Waals surface area contributed by atoms with E-state index in [-0.39, 0.29) is 16.5 Å². The largest absolute Gasteiger partial charge is 0.382 e. The summed E-state index contributed by atoms with van der Waals surface area (Å²) in [6, 6.07) is 0. The molecule has 0 spiro atoms. The van der Waals surface area contributed by atoms with Gasteiger partial charge in [0.25, 0.3) is 5.56 Å². The highest BCUT2D eigenvalue weighted by molar-refractivity contribution is 6.32. The van der Waals surface area contributed by atoms with E-state index in [0.29, 0.717) is 31.6 Å². The lowest BCUT2D eigenvalue weighted by Crippen LogP contribution is -2.24. The summed E-state index contributed by atoms with van der Waals surface area (Å²) in [6.07, 6.45) is 4.22. The minimum Gasteiger partial charge on any atom is -0.382 e. The van der Waals surface area contributed by atoms with Crippen LogP contribution in [-0.2, 0) is 11.3 Å². The zero-order valence-corrected chi connectivity index (χ0v) is 11.7. The number of anilines is 1. The number of carbonyl (C=O) groups is 1. The van der Waals surface area contributed by atoms with Crippen molar-refractivity contribution in [3.63, 3.8) is 0 Å². The Bertz CT molecular complexity index is 487. The van der Waals surface area contributed by atoms with Gasteiger partial charge in [0.1, 0.15) is 5.02 Å². The Morgan fingerprint density at radius 3 is 2.89 bits per heavy atom. The zero-order chi connectivity index (χ0) is 14.3. The van der Waals surface area contributed by atoms with Gasteiger partial charge in [0, 0.05) is 19.5 Å². The van der Waals surface area contributed by atoms with E-state index in [1.165, 1.54) is 4.68 Å². The molecule has 1 heterocycles. The summed E-state index contributed by atoms with van der Waals surface area (Å²) < 4.78 is 1.35. The normalized spacial score (nSPS) is 10.4. The van der Waals surface area contributed by atoms with Crippen LogP contribution >= 0.6 is 11.6 Å². The molecule has 0 radical (unpaired) electrons. The molecule has 0 fully saturated rings. The van der Waals surface area contributed by atoms with Crippen LogP contribution in [0, 0.1) is 0 Å². The third kappa shape index (κ3) is 4.90. The van der Waals surface area contributed by atoms with Gasteiger partial charge in [0.15, 0.2) is 0 Å². The fourth-order valence-electron chi connectivity index (χ4n) is 1.61. The summed E-state index contributed by atoms with van der Waals surface area (Å²) in [5, 5.41) is 7.23. The topological polar surface area (TPSA) is 90.0 Å². The van der Waals surface area contributed by atoms with E-state index in [1.807, 2.05) is 6.92 Å². The number of nitrogens with two attached hydrogens (primary N) is 1. The first kappa shape index (κ1) is 15.5. The zero-order valence-electron chi connectivity index (χ0n) is 11.0. The predicted octanol–water partition coefficient (Wildman–Crippen LogP) is 1.37. The molecule has 1 aromatic rings. The van der Waals surface area contributed by atoms with Crippen LogP contribution in [0.15, 0.2) is 11.0 Å². The number of hydrogen-bond donors (Lipinski definition) is 2. The van der Waals surface area contributed by atoms with Crippen LogP contribution in [0.5, 0.6) is 0 Å². The maximum Gasteiger partial charge on any atom is 0.287 e. The van der Waals surface area contributed by atoms with E-state index >= 15 is 0 Å². The summed E-state index contributed by atoms with van der Waals surface area (Å²) in [4.78, 5) is 22.4. The number of aryl methyl sites for hydroxylation is 1. The molecule has 0 atom stereocenters. The molecule has 0 aliphatic rings. The van der Waals surface area contributed by atoms with Crippen molar-refractivity contribution in [1.29, 1.82) is 0 Å². The van der Waals surface area contributed by atoms with E-state index in [4.69, 9.17) is 17.3 Å². The molecule has 0 aliphatic heterocycles. The van der Waals surface area contributed by atoms with Crippen molar-refractivity contribution in [2.45, 2.75) is 39.2 Å². The Morgan fingerprint density at radius 2 is 2.26 bits per heavy atom. The summed E-state index contributed by atoms with van der Waals surface area (Å²) in [6.45, 7) is 3.14. The van der Waals surface area contributed by atoms with Crippen molar-refractivity contribution in [3.05, 3.63) is 21.6 Å². The SMILES string of the molecule is CCCn1ncc(NCCCCC(N)=O)c(Cl)c1=O. The van der Waals surface area contributed by atoms with Crippen LogP contribution in [0.4, 0.5) is 5.69 Å². The van der Waals surface area contributed by atoms with Crippen LogP contribution in [0.2, 0.25) is 5.02 Å². The van der Waals surface area contributed by atoms with Crippen LogP contribution in [0.25, 0.3) is 0 Å². The first-order valence-electron chi connectivity index (χ1n) is 6.34. The number of amides is 1. The lowest BCUT2D eigenvalue weighted by molar-refractivity contribution is -0.118. The Labute approximate surface area is 116 Å². The molecule has 6 nitrogen and oxygen atoms in total. The lowest BCUT2D eigenvalue weighted by Gasteiger charge is -2.09. The van der Waals surface area contributed by atoms with Gasteiger partial charge in [-0.2, -0.15) is 5.10 Å². The summed E-state index contributed by atoms with van der Waals surface area (Å²) >= 11 is 5.99. The molecule has 0 unspecified atom stereocenters. The summed E-state index contributed by atoms with van der Waals surface area (Å²) in [5.74, 6) is -0.304. The van der Waals surface area contributed by atoms with Crippen LogP contribution < -0.4 is 16.6 Å². The number of nitrogens with one attached hydrogen (secondary N) is 1. The van der Waals surface area contributed by atoms with Crippen molar-refractivity contribution in [3.8, 4) is 0 Å². The first-order valence-corrected chi connectivity index (χ1v) is 6.71. The number of unbranched alkanes of at least 4 members (excludes halogenated alkanes) is 1. The first-order chi connectivity index (χ1) is 9.06. The summed E-state index contributed by atoms with van der Waals surface area (Å²) in [7, 11) is 0. The van der Waals surface area contributed by atoms with E-state index in [9.17, 15) is 9.59 Å². The second kappa shape index (κ2) is 7.78. The van der Waals surface area contributed by atoms with Crippen molar-refractivity contribution < 1.29 is 4.79 Å². The number of hydrogen-bond acceptors (Lipinski definition) is 4. The molecule has 1 aromatic heterocycles. The molecule has 3 N–H and O–H groups in total. The quantitative estimate of drug-likeness (QED) is 0.706. The Hall–Kier alpha value is -1.56. The van der Waals surface area contributed by atoms with Crippen LogP contribution in [0.1, 0.15) is 32.6 Å². The van der Waals surface area contributed by atoms with Gasteiger partial charge in [-0.15, -0.1) is 0 Å². The van der Waals surface area contributed by atoms with Gasteiger partial charge in [-0.25, -0.2) is 4.68 Å². The lowest BCUT2D eigenvalue weighted by atomic mass is 10.2. The van der Waals surface area contributed by atoms with Crippen molar-refractivity contribution in [2.24, 2.45) is 5.73 Å². The average Bonchev–Trinajstić information content (AvgIpc) is 2.37. The molecule has 0 saturated carbocycles. The highest BCUT2D eigenvalue weighted by Gasteiger charge is 2.08. The van der Waals surface area contributed by atoms with Gasteiger partial charge < -0.3 is 11.1 Å². The number of carbonyl (C=O) groups excluding carboxylic acids is 1. The van der Waals surface area contributed by atoms with Gasteiger partial charge in [-0.05, 0) is 19.3 Å². The predicted molar refractivity (Wildman–Crippen MR) is 75.3 cm³/mol. The molecule has 0 aliphatic carbocycles. The Morgan fingerprint density at radius 1 is 1.53 bits per heavy atom. The van der Waals surface area contributed by atoms with Gasteiger partial charge in [0.05, 0.1) is 11.9 Å². The molecule has 19 heavy (non-hydrogen) atoms. The van der Waals surface area contributed by atoms with E-state index in [0.717, 1.165) is 12.8 Å². The number of primary amides is 1. The third-order valence-corrected chi connectivity index (χ3v) is 2.95. The van der Waals surface area contributed by atoms with E-state index < -0.39 is 0 Å². The highest BCUT2D eigenvalue weighted by atomic mass is 35.5. The van der Waals surface area contributed by atoms with Crippen molar-refractivity contribution in [1.82, 2.24) is 9.78 Å². The molecule has 106 valence electrons. The second-order valence-corrected chi connectivity index (χ2v) is 4.63. The fraction of sp³-hybridized carbons (Fsp3) is 0.583. The molecule has 1 rings (SSSR count). The number of rotatable bonds is 8. The van der Waals surface area contributed by atoms with Gasteiger partial charge >= 0.3 is 0 Å². The number of nitrogens with zero attached hydrogens (tertiary/aromatic N) is 2. The maximum atomic E-state index is 11.8. The average molecular weight is 287 g/mol. The van der Waals surface area contributed by atoms with Crippen molar-refractivity contribution >= 4 is 23.2 Å². The molecule has 0 saturated heterocycles. The standard InChI is InChI=1S/C12H19ClN4O2/c1-2-7-17-12(19)11(13)9(8-16-17)15-6-4-3-5-10(14)18/h8,15H,2-7H2,1H3,(H2,14,18). The minimum atomic E-state index is -0.304. The highest BCUT2D eigenvalue weighted by Crippen LogP contribution is 2.15. The monoisotopic (exact) mass is 286 g/mol. The van der Waals surface area contributed by atoms with Gasteiger partial charge in [-0.1, -0.05) is 18.5 Å². The number of aromatic nitrogens is 2. The fourth-order valence-corrected chi connectivity index (χ4v) is 1.82. The molecule has 7 heteroatoms. The maximum absolute atomic E-state index is 11.8. The van der Waals surface area contributed by atoms with E-state index in [2.05, 4.69) is 10.4 Å². The molecular formula is C12H19ClN4O2. The van der Waals surface area contributed by atoms with Crippen molar-refractivity contribution in [2.75, 3.05) is 11.9 Å². The number of halogens is 1. The third-order valence-electron chi connectivity index (χ3n) is 2.59. The van der Waals surface area contributed by atoms with Gasteiger partial charge in [-0.3, -0.25) is 9.59 Å². The molecular weight excluding hydrogens is 268 g/mol. The Kier molecular flexibility index (Phi) is 6.35. The molecule has 1 amide bonds. The smallest absolute Gasteiger partial charge is 0.287 e.